The number of amides is 1. The topological polar surface area (TPSA) is 78.9 Å². The van der Waals surface area contributed by atoms with E-state index < -0.39 is 5.82 Å². The van der Waals surface area contributed by atoms with E-state index in [0.717, 1.165) is 0 Å². The summed E-state index contributed by atoms with van der Waals surface area (Å²) in [6.45, 7) is -0.00959. The average molecular weight is 304 g/mol. The van der Waals surface area contributed by atoms with Crippen LogP contribution in [-0.4, -0.2) is 35.4 Å². The number of oxime groups is 1. The van der Waals surface area contributed by atoms with Gasteiger partial charge >= 0.3 is 0 Å². The van der Waals surface area contributed by atoms with Gasteiger partial charge in [-0.15, -0.1) is 0 Å². The third kappa shape index (κ3) is 3.42. The number of nitrogens with zero attached hydrogens (tertiary/aromatic N) is 2. The van der Waals surface area contributed by atoms with E-state index in [0.29, 0.717) is 5.56 Å². The van der Waals surface area contributed by atoms with E-state index in [2.05, 4.69) is 21.1 Å². The molecule has 0 spiro atoms. The number of hydrogen-bond acceptors (Lipinski definition) is 3. The van der Waals surface area contributed by atoms with E-state index >= 15 is 0 Å². The molecule has 92 valence electrons. The van der Waals surface area contributed by atoms with E-state index in [-0.39, 0.29) is 22.8 Å². The molecule has 1 amide bonds. The first-order chi connectivity index (χ1) is 7.95. The van der Waals surface area contributed by atoms with Gasteiger partial charge in [-0.3, -0.25) is 4.79 Å². The van der Waals surface area contributed by atoms with Crippen LogP contribution >= 0.6 is 15.9 Å². The number of likely N-dealkylation sites (N-methyl/N-ethyl adjacent to an activating group) is 1. The molecule has 1 rings (SSSR count). The van der Waals surface area contributed by atoms with Crippen LogP contribution in [0.2, 0.25) is 0 Å². The molecule has 5 nitrogen and oxygen atoms in total. The monoisotopic (exact) mass is 303 g/mol. The highest BCUT2D eigenvalue weighted by Crippen LogP contribution is 2.17. The summed E-state index contributed by atoms with van der Waals surface area (Å²) < 4.78 is 13.2. The number of carbonyl (C=O) groups excluding carboxylic acids is 1. The lowest BCUT2D eigenvalue weighted by Crippen LogP contribution is -2.35. The molecule has 0 aliphatic carbocycles. The van der Waals surface area contributed by atoms with E-state index in [1.54, 1.807) is 0 Å². The minimum Gasteiger partial charge on any atom is -0.409 e. The molecule has 0 saturated heterocycles. The van der Waals surface area contributed by atoms with Crippen molar-refractivity contribution in [2.45, 2.75) is 0 Å². The Bertz CT molecular complexity index is 465. The van der Waals surface area contributed by atoms with Crippen molar-refractivity contribution in [3.63, 3.8) is 0 Å². The highest BCUT2D eigenvalue weighted by atomic mass is 79.9. The van der Waals surface area contributed by atoms with Gasteiger partial charge in [0.25, 0.3) is 5.91 Å². The number of carbonyl (C=O) groups is 1. The van der Waals surface area contributed by atoms with Gasteiger partial charge in [0.05, 0.1) is 11.0 Å². The Morgan fingerprint density at radius 2 is 2.29 bits per heavy atom. The van der Waals surface area contributed by atoms with Crippen molar-refractivity contribution in [2.24, 2.45) is 10.9 Å². The molecule has 0 radical (unpaired) electrons. The van der Waals surface area contributed by atoms with E-state index in [1.807, 2.05) is 0 Å². The van der Waals surface area contributed by atoms with Gasteiger partial charge in [0, 0.05) is 12.6 Å². The van der Waals surface area contributed by atoms with Crippen molar-refractivity contribution in [1.29, 1.82) is 0 Å². The van der Waals surface area contributed by atoms with Gasteiger partial charge in [0.15, 0.2) is 5.84 Å². The Balaban J connectivity index is 2.85. The lowest BCUT2D eigenvalue weighted by atomic mass is 10.2. The van der Waals surface area contributed by atoms with Crippen LogP contribution in [0.5, 0.6) is 0 Å². The zero-order valence-corrected chi connectivity index (χ0v) is 10.6. The van der Waals surface area contributed by atoms with Gasteiger partial charge in [0.2, 0.25) is 0 Å². The Kier molecular flexibility index (Phi) is 4.45. The molecule has 17 heavy (non-hydrogen) atoms. The summed E-state index contributed by atoms with van der Waals surface area (Å²) in [6.07, 6.45) is 0. The predicted octanol–water partition coefficient (Wildman–Crippen LogP) is 1.41. The third-order valence-corrected chi connectivity index (χ3v) is 2.65. The standard InChI is InChI=1S/C10H11BrFN3O2/c1-15(5-9(13)14-17)10(16)6-2-3-8(12)7(11)4-6/h2-4,17H,5H2,1H3,(H2,13,14). The number of rotatable bonds is 3. The van der Waals surface area contributed by atoms with Crippen LogP contribution in [0.1, 0.15) is 10.4 Å². The fraction of sp³-hybridized carbons (Fsp3) is 0.200. The van der Waals surface area contributed by atoms with Crippen LogP contribution < -0.4 is 5.73 Å². The molecular weight excluding hydrogens is 293 g/mol. The summed E-state index contributed by atoms with van der Waals surface area (Å²) in [5, 5.41) is 11.2. The lowest BCUT2D eigenvalue weighted by molar-refractivity contribution is 0.0813. The SMILES string of the molecule is CN(C/C(N)=N/O)C(=O)c1ccc(F)c(Br)c1. The molecular formula is C10H11BrFN3O2. The maximum atomic E-state index is 13.0. The zero-order valence-electron chi connectivity index (χ0n) is 9.02. The molecule has 0 aromatic heterocycles. The third-order valence-electron chi connectivity index (χ3n) is 2.04. The van der Waals surface area contributed by atoms with Crippen LogP contribution in [-0.2, 0) is 0 Å². The van der Waals surface area contributed by atoms with Crippen LogP contribution in [0, 0.1) is 5.82 Å². The molecule has 0 bridgehead atoms. The fourth-order valence-corrected chi connectivity index (χ4v) is 1.57. The van der Waals surface area contributed by atoms with Gasteiger partial charge in [-0.2, -0.15) is 0 Å². The Hall–Kier alpha value is -1.63. The second kappa shape index (κ2) is 5.62. The minimum absolute atomic E-state index is 0.00959. The Labute approximate surface area is 106 Å². The van der Waals surface area contributed by atoms with Crippen LogP contribution in [0.15, 0.2) is 27.8 Å². The summed E-state index contributed by atoms with van der Waals surface area (Å²) >= 11 is 2.99. The molecule has 0 aliphatic rings. The van der Waals surface area contributed by atoms with Gasteiger partial charge in [-0.05, 0) is 34.1 Å². The molecule has 0 saturated carbocycles. The number of halogens is 2. The number of benzene rings is 1. The van der Waals surface area contributed by atoms with Crippen molar-refractivity contribution < 1.29 is 14.4 Å². The molecule has 0 atom stereocenters. The lowest BCUT2D eigenvalue weighted by Gasteiger charge is -2.16. The normalized spacial score (nSPS) is 11.4. The predicted molar refractivity (Wildman–Crippen MR) is 64.5 cm³/mol. The second-order valence-electron chi connectivity index (χ2n) is 3.38. The Morgan fingerprint density at radius 3 is 2.82 bits per heavy atom. The van der Waals surface area contributed by atoms with Gasteiger partial charge < -0.3 is 15.8 Å². The quantitative estimate of drug-likeness (QED) is 0.383. The summed E-state index contributed by atoms with van der Waals surface area (Å²) in [5.41, 5.74) is 5.59. The number of amidine groups is 1. The maximum Gasteiger partial charge on any atom is 0.254 e. The van der Waals surface area contributed by atoms with Gasteiger partial charge in [-0.25, -0.2) is 4.39 Å². The van der Waals surface area contributed by atoms with E-state index in [4.69, 9.17) is 10.9 Å². The van der Waals surface area contributed by atoms with Crippen molar-refractivity contribution >= 4 is 27.7 Å². The molecule has 0 aliphatic heterocycles. The Morgan fingerprint density at radius 1 is 1.65 bits per heavy atom. The minimum atomic E-state index is -0.444. The van der Waals surface area contributed by atoms with Crippen molar-refractivity contribution in [3.8, 4) is 0 Å². The molecule has 0 heterocycles. The number of hydrogen-bond donors (Lipinski definition) is 2. The van der Waals surface area contributed by atoms with Crippen molar-refractivity contribution in [3.05, 3.63) is 34.1 Å². The largest absolute Gasteiger partial charge is 0.409 e. The zero-order chi connectivity index (χ0) is 13.0. The highest BCUT2D eigenvalue weighted by molar-refractivity contribution is 9.10. The summed E-state index contributed by atoms with van der Waals surface area (Å²) in [6, 6.07) is 3.93. The summed E-state index contributed by atoms with van der Waals surface area (Å²) in [5.74, 6) is -0.875. The molecule has 0 unspecified atom stereocenters. The summed E-state index contributed by atoms with van der Waals surface area (Å²) in [4.78, 5) is 13.1. The van der Waals surface area contributed by atoms with Crippen LogP contribution in [0.3, 0.4) is 0 Å². The first-order valence-corrected chi connectivity index (χ1v) is 5.42. The molecule has 0 fully saturated rings. The molecule has 7 heteroatoms. The van der Waals surface area contributed by atoms with Crippen LogP contribution in [0.25, 0.3) is 0 Å². The van der Waals surface area contributed by atoms with E-state index in [9.17, 15) is 9.18 Å². The first kappa shape index (κ1) is 13.4. The average Bonchev–Trinajstić information content (AvgIpc) is 2.31. The highest BCUT2D eigenvalue weighted by Gasteiger charge is 2.14. The molecule has 1 aromatic carbocycles. The van der Waals surface area contributed by atoms with Crippen molar-refractivity contribution in [2.75, 3.05) is 13.6 Å². The fourth-order valence-electron chi connectivity index (χ4n) is 1.20. The van der Waals surface area contributed by atoms with Gasteiger partial charge in [-0.1, -0.05) is 5.16 Å². The van der Waals surface area contributed by atoms with Crippen molar-refractivity contribution in [1.82, 2.24) is 4.90 Å². The summed E-state index contributed by atoms with van der Waals surface area (Å²) in [7, 11) is 1.50. The van der Waals surface area contributed by atoms with E-state index in [1.165, 1.54) is 30.1 Å². The first-order valence-electron chi connectivity index (χ1n) is 4.62. The maximum absolute atomic E-state index is 13.0. The number of nitrogens with two attached hydrogens (primary N) is 1. The smallest absolute Gasteiger partial charge is 0.254 e. The molecule has 3 N–H and O–H groups in total. The van der Waals surface area contributed by atoms with Crippen LogP contribution in [0.4, 0.5) is 4.39 Å². The second-order valence-corrected chi connectivity index (χ2v) is 4.24. The molecule has 1 aromatic rings. The van der Waals surface area contributed by atoms with Gasteiger partial charge in [0.1, 0.15) is 5.82 Å².